The average Bonchev–Trinajstić information content (AvgIpc) is 2.94. The lowest BCUT2D eigenvalue weighted by atomic mass is 9.98. The SMILES string of the molecule is CO[C@@H]1O[C@@H]2COC(=O)CC/C=C/CCC(=O)O[C@@H]2[C@H](OCc2ccccc2)[C@H]1OCc1ccccc1. The highest BCUT2D eigenvalue weighted by Gasteiger charge is 2.50. The topological polar surface area (TPSA) is 89.5 Å². The van der Waals surface area contributed by atoms with Gasteiger partial charge in [0.25, 0.3) is 0 Å². The van der Waals surface area contributed by atoms with Crippen LogP contribution in [0.15, 0.2) is 72.8 Å². The van der Waals surface area contributed by atoms with Crippen LogP contribution in [-0.4, -0.2) is 56.4 Å². The van der Waals surface area contributed by atoms with Crippen LogP contribution in [0.3, 0.4) is 0 Å². The van der Waals surface area contributed by atoms with Crippen molar-refractivity contribution in [3.8, 4) is 0 Å². The van der Waals surface area contributed by atoms with Crippen molar-refractivity contribution < 1.29 is 38.0 Å². The monoisotopic (exact) mass is 510 g/mol. The summed E-state index contributed by atoms with van der Waals surface area (Å²) in [5.41, 5.74) is 1.92. The van der Waals surface area contributed by atoms with Gasteiger partial charge in [-0.05, 0) is 24.0 Å². The summed E-state index contributed by atoms with van der Waals surface area (Å²) < 4.78 is 35.9. The van der Waals surface area contributed by atoms with Crippen LogP contribution < -0.4 is 0 Å². The van der Waals surface area contributed by atoms with E-state index in [1.165, 1.54) is 7.11 Å². The number of rotatable bonds is 7. The Kier molecular flexibility index (Phi) is 10.3. The number of allylic oxidation sites excluding steroid dienone is 2. The summed E-state index contributed by atoms with van der Waals surface area (Å²) in [6.07, 6.45) is 1.29. The standard InChI is InChI=1S/C29H34O8/c1-32-29-28(35-19-22-14-8-5-9-15-22)27(34-18-21-12-6-4-7-13-21)26-23(36-29)20-33-24(30)16-10-2-3-11-17-25(31)37-26/h2-9,12-15,23,26-29H,10-11,16-20H2,1H3/b3-2+/t23-,26+,27+,28-,29-/m1/s1. The second-order valence-corrected chi connectivity index (χ2v) is 8.99. The minimum absolute atomic E-state index is 0.100. The number of benzene rings is 2. The Hall–Kier alpha value is -3.04. The zero-order valence-electron chi connectivity index (χ0n) is 21.0. The lowest BCUT2D eigenvalue weighted by Crippen LogP contribution is -2.62. The third-order valence-electron chi connectivity index (χ3n) is 6.27. The molecule has 0 saturated carbocycles. The third-order valence-corrected chi connectivity index (χ3v) is 6.27. The molecular weight excluding hydrogens is 476 g/mol. The summed E-state index contributed by atoms with van der Waals surface area (Å²) in [5, 5.41) is 0. The molecule has 5 atom stereocenters. The molecule has 2 aliphatic heterocycles. The third kappa shape index (κ3) is 7.97. The van der Waals surface area contributed by atoms with Crippen molar-refractivity contribution in [3.05, 3.63) is 83.9 Å². The van der Waals surface area contributed by atoms with Gasteiger partial charge in [0.15, 0.2) is 12.4 Å². The first-order valence-corrected chi connectivity index (χ1v) is 12.6. The Morgan fingerprint density at radius 2 is 1.35 bits per heavy atom. The molecule has 2 aromatic carbocycles. The predicted octanol–water partition coefficient (Wildman–Crippen LogP) is 4.11. The number of cyclic esters (lactones) is 1. The molecule has 0 N–H and O–H groups in total. The van der Waals surface area contributed by atoms with E-state index >= 15 is 0 Å². The van der Waals surface area contributed by atoms with Gasteiger partial charge in [0, 0.05) is 20.0 Å². The molecule has 0 spiro atoms. The van der Waals surface area contributed by atoms with Gasteiger partial charge in [0.2, 0.25) is 0 Å². The molecule has 37 heavy (non-hydrogen) atoms. The largest absolute Gasteiger partial charge is 0.463 e. The number of fused-ring (bicyclic) bond motifs is 1. The summed E-state index contributed by atoms with van der Waals surface area (Å²) >= 11 is 0. The van der Waals surface area contributed by atoms with Crippen molar-refractivity contribution in [2.45, 2.75) is 69.6 Å². The number of esters is 2. The van der Waals surface area contributed by atoms with Crippen LogP contribution >= 0.6 is 0 Å². The van der Waals surface area contributed by atoms with Gasteiger partial charge in [-0.25, -0.2) is 0 Å². The second-order valence-electron chi connectivity index (χ2n) is 8.99. The Bertz CT molecular complexity index is 1010. The Balaban J connectivity index is 1.60. The highest BCUT2D eigenvalue weighted by molar-refractivity contribution is 5.70. The summed E-state index contributed by atoms with van der Waals surface area (Å²) in [6.45, 7) is 0.443. The van der Waals surface area contributed by atoms with Gasteiger partial charge in [-0.2, -0.15) is 0 Å². The second kappa shape index (κ2) is 14.0. The van der Waals surface area contributed by atoms with E-state index in [0.29, 0.717) is 12.8 Å². The molecule has 0 unspecified atom stereocenters. The first kappa shape index (κ1) is 27.0. The molecule has 198 valence electrons. The van der Waals surface area contributed by atoms with E-state index < -0.39 is 30.7 Å². The zero-order chi connectivity index (χ0) is 25.9. The van der Waals surface area contributed by atoms with Crippen LogP contribution in [0.1, 0.15) is 36.8 Å². The summed E-state index contributed by atoms with van der Waals surface area (Å²) in [6, 6.07) is 19.4. The number of hydrogen-bond acceptors (Lipinski definition) is 8. The van der Waals surface area contributed by atoms with Crippen molar-refractivity contribution in [2.24, 2.45) is 0 Å². The number of methoxy groups -OCH3 is 1. The number of carbonyl (C=O) groups is 2. The number of ether oxygens (including phenoxy) is 6. The van der Waals surface area contributed by atoms with E-state index in [1.807, 2.05) is 72.8 Å². The van der Waals surface area contributed by atoms with Crippen molar-refractivity contribution in [1.29, 1.82) is 0 Å². The molecular formula is C29H34O8. The van der Waals surface area contributed by atoms with Crippen molar-refractivity contribution in [1.82, 2.24) is 0 Å². The Labute approximate surface area is 217 Å². The molecule has 8 heteroatoms. The van der Waals surface area contributed by atoms with Gasteiger partial charge in [-0.3, -0.25) is 9.59 Å². The van der Waals surface area contributed by atoms with Crippen LogP contribution in [0.2, 0.25) is 0 Å². The van der Waals surface area contributed by atoms with Gasteiger partial charge >= 0.3 is 11.9 Å². The predicted molar refractivity (Wildman–Crippen MR) is 134 cm³/mol. The maximum absolute atomic E-state index is 12.8. The lowest BCUT2D eigenvalue weighted by molar-refractivity contribution is -0.316. The molecule has 2 aromatic rings. The first-order chi connectivity index (χ1) is 18.1. The summed E-state index contributed by atoms with van der Waals surface area (Å²) in [4.78, 5) is 25.1. The van der Waals surface area contributed by atoms with Gasteiger partial charge in [-0.1, -0.05) is 72.8 Å². The quantitative estimate of drug-likeness (QED) is 0.406. The fourth-order valence-corrected chi connectivity index (χ4v) is 4.34. The minimum Gasteiger partial charge on any atom is -0.463 e. The average molecular weight is 511 g/mol. The molecule has 0 bridgehead atoms. The molecule has 2 heterocycles. The molecule has 4 rings (SSSR count). The van der Waals surface area contributed by atoms with Crippen LogP contribution in [0, 0.1) is 0 Å². The molecule has 1 fully saturated rings. The van der Waals surface area contributed by atoms with Gasteiger partial charge < -0.3 is 28.4 Å². The van der Waals surface area contributed by atoms with E-state index in [0.717, 1.165) is 11.1 Å². The first-order valence-electron chi connectivity index (χ1n) is 12.6. The molecule has 8 nitrogen and oxygen atoms in total. The van der Waals surface area contributed by atoms with E-state index in [9.17, 15) is 9.59 Å². The molecule has 1 saturated heterocycles. The van der Waals surface area contributed by atoms with E-state index in [1.54, 1.807) is 0 Å². The van der Waals surface area contributed by atoms with Crippen LogP contribution in [-0.2, 0) is 51.2 Å². The molecule has 0 aromatic heterocycles. The molecule has 0 amide bonds. The van der Waals surface area contributed by atoms with E-state index in [-0.39, 0.29) is 44.6 Å². The van der Waals surface area contributed by atoms with Crippen LogP contribution in [0.5, 0.6) is 0 Å². The normalized spacial score (nSPS) is 28.0. The van der Waals surface area contributed by atoms with E-state index in [4.69, 9.17) is 28.4 Å². The Morgan fingerprint density at radius 3 is 1.95 bits per heavy atom. The Morgan fingerprint density at radius 1 is 0.784 bits per heavy atom. The number of hydrogen-bond donors (Lipinski definition) is 0. The van der Waals surface area contributed by atoms with Gasteiger partial charge in [0.1, 0.15) is 24.9 Å². The van der Waals surface area contributed by atoms with Crippen molar-refractivity contribution in [3.63, 3.8) is 0 Å². The van der Waals surface area contributed by atoms with Crippen LogP contribution in [0.25, 0.3) is 0 Å². The summed E-state index contributed by atoms with van der Waals surface area (Å²) in [7, 11) is 1.52. The van der Waals surface area contributed by atoms with E-state index in [2.05, 4.69) is 0 Å². The minimum atomic E-state index is -0.874. The molecule has 2 aliphatic rings. The lowest BCUT2D eigenvalue weighted by Gasteiger charge is -2.44. The van der Waals surface area contributed by atoms with Gasteiger partial charge in [0.05, 0.1) is 13.2 Å². The highest BCUT2D eigenvalue weighted by Crippen LogP contribution is 2.31. The van der Waals surface area contributed by atoms with Crippen molar-refractivity contribution in [2.75, 3.05) is 13.7 Å². The highest BCUT2D eigenvalue weighted by atomic mass is 16.7. The fraction of sp³-hybridized carbons (Fsp3) is 0.448. The van der Waals surface area contributed by atoms with Crippen LogP contribution in [0.4, 0.5) is 0 Å². The smallest absolute Gasteiger partial charge is 0.306 e. The van der Waals surface area contributed by atoms with Gasteiger partial charge in [-0.15, -0.1) is 0 Å². The molecule has 0 radical (unpaired) electrons. The number of carbonyl (C=O) groups excluding carboxylic acids is 2. The molecule has 0 aliphatic carbocycles. The maximum Gasteiger partial charge on any atom is 0.306 e. The maximum atomic E-state index is 12.8. The summed E-state index contributed by atoms with van der Waals surface area (Å²) in [5.74, 6) is -0.740. The van der Waals surface area contributed by atoms with Crippen molar-refractivity contribution >= 4 is 11.9 Å². The fourth-order valence-electron chi connectivity index (χ4n) is 4.34. The zero-order valence-corrected chi connectivity index (χ0v) is 21.0.